The molecule has 5 amide bonds. The maximum Gasteiger partial charge on any atom is 0.315 e. The van der Waals surface area contributed by atoms with Crippen LogP contribution in [0.2, 0.25) is 0 Å². The fraction of sp³-hybridized carbons (Fsp3) is 0.710. The van der Waals surface area contributed by atoms with Crippen LogP contribution in [0.1, 0.15) is 98.3 Å². The van der Waals surface area contributed by atoms with Crippen LogP contribution in [-0.2, 0) is 19.2 Å². The average Bonchev–Trinajstić information content (AvgIpc) is 3.60. The summed E-state index contributed by atoms with van der Waals surface area (Å²) >= 11 is 1.52. The lowest BCUT2D eigenvalue weighted by molar-refractivity contribution is -0.143. The molecule has 3 aliphatic rings. The molecule has 1 aliphatic heterocycles. The Labute approximate surface area is 254 Å². The zero-order valence-corrected chi connectivity index (χ0v) is 26.4. The number of hydrogen-bond donors (Lipinski definition) is 4. The van der Waals surface area contributed by atoms with Crippen molar-refractivity contribution in [1.29, 1.82) is 0 Å². The van der Waals surface area contributed by atoms with Gasteiger partial charge in [0.25, 0.3) is 5.91 Å². The minimum atomic E-state index is -1.08. The van der Waals surface area contributed by atoms with E-state index in [0.29, 0.717) is 25.8 Å². The molecule has 0 radical (unpaired) electrons. The maximum absolute atomic E-state index is 14.0. The largest absolute Gasteiger partial charge is 0.363 e. The molecule has 5 N–H and O–H groups in total. The summed E-state index contributed by atoms with van der Waals surface area (Å²) in [6.45, 7) is 11.8. The number of Topliss-reactive ketones (excluding diaryl/α,β-unsaturated/α-hetero) is 1. The Kier molecular flexibility index (Phi) is 11.7. The number of nitrogens with one attached hydrogen (secondary N) is 3. The molecule has 3 atom stereocenters. The van der Waals surface area contributed by atoms with Gasteiger partial charge in [0.05, 0.1) is 6.04 Å². The van der Waals surface area contributed by atoms with Gasteiger partial charge in [-0.3, -0.25) is 19.2 Å². The molecule has 0 aromatic rings. The number of carbonyl (C=O) groups is 5. The molecule has 42 heavy (non-hydrogen) atoms. The van der Waals surface area contributed by atoms with Crippen molar-refractivity contribution in [2.24, 2.45) is 17.1 Å². The van der Waals surface area contributed by atoms with Gasteiger partial charge in [-0.05, 0) is 67.6 Å². The summed E-state index contributed by atoms with van der Waals surface area (Å²) in [6, 6.07) is -3.06. The number of carbonyl (C=O) groups excluding carboxylic acids is 5. The standard InChI is InChI=1S/C31H49N5O5S/c1-6-42-19-20(2)18-31(14-8-7-9-15-31)35-29(41)34-25(30(3,4)5)28(40)36-16-10-11-23(36)27(39)33-22(17-21-12-13-21)24(37)26(32)38/h6,19,21-23,25H,1,7-18H2,2-5H3,(H2,32,38)(H,33,39)(H2,34,35,41)/b20-19+. The maximum atomic E-state index is 14.0. The normalized spacial score (nSPS) is 22.0. The molecule has 2 saturated carbocycles. The molecule has 11 heteroatoms. The third-order valence-electron chi connectivity index (χ3n) is 8.54. The van der Waals surface area contributed by atoms with Gasteiger partial charge in [-0.25, -0.2) is 4.79 Å². The Hall–Kier alpha value is -2.82. The highest BCUT2D eigenvalue weighted by Crippen LogP contribution is 2.35. The Balaban J connectivity index is 1.73. The molecule has 234 valence electrons. The number of thioether (sulfide) groups is 1. The molecule has 0 spiro atoms. The van der Waals surface area contributed by atoms with Crippen molar-refractivity contribution >= 4 is 41.3 Å². The van der Waals surface area contributed by atoms with Gasteiger partial charge in [0.1, 0.15) is 12.1 Å². The van der Waals surface area contributed by atoms with Crippen molar-refractivity contribution in [2.75, 3.05) is 6.54 Å². The molecular weight excluding hydrogens is 554 g/mol. The molecular formula is C31H49N5O5S. The van der Waals surface area contributed by atoms with Gasteiger partial charge in [-0.15, -0.1) is 11.8 Å². The summed E-state index contributed by atoms with van der Waals surface area (Å²) in [5.41, 5.74) is 5.37. The third-order valence-corrected chi connectivity index (χ3v) is 9.27. The molecule has 2 aliphatic carbocycles. The number of hydrogen-bond acceptors (Lipinski definition) is 6. The number of nitrogens with two attached hydrogens (primary N) is 1. The van der Waals surface area contributed by atoms with Crippen molar-refractivity contribution < 1.29 is 24.0 Å². The minimum absolute atomic E-state index is 0.278. The van der Waals surface area contributed by atoms with Gasteiger partial charge in [-0.1, -0.05) is 65.0 Å². The Morgan fingerprint density at radius 2 is 1.71 bits per heavy atom. The van der Waals surface area contributed by atoms with Crippen LogP contribution in [0.25, 0.3) is 0 Å². The van der Waals surface area contributed by atoms with E-state index >= 15 is 0 Å². The van der Waals surface area contributed by atoms with Crippen molar-refractivity contribution in [2.45, 2.75) is 122 Å². The van der Waals surface area contributed by atoms with E-state index in [1.165, 1.54) is 16.7 Å². The van der Waals surface area contributed by atoms with Crippen LogP contribution in [0.5, 0.6) is 0 Å². The van der Waals surface area contributed by atoms with Gasteiger partial charge in [-0.2, -0.15) is 0 Å². The number of ketones is 1. The van der Waals surface area contributed by atoms with Crippen LogP contribution in [0.15, 0.2) is 23.0 Å². The van der Waals surface area contributed by atoms with Crippen LogP contribution < -0.4 is 21.7 Å². The number of likely N-dealkylation sites (tertiary alicyclic amines) is 1. The van der Waals surface area contributed by atoms with Gasteiger partial charge < -0.3 is 26.6 Å². The van der Waals surface area contributed by atoms with E-state index in [1.807, 2.05) is 20.8 Å². The fourth-order valence-corrected chi connectivity index (χ4v) is 6.61. The van der Waals surface area contributed by atoms with Crippen LogP contribution in [-0.4, -0.2) is 64.6 Å². The van der Waals surface area contributed by atoms with E-state index in [9.17, 15) is 24.0 Å². The zero-order valence-electron chi connectivity index (χ0n) is 25.6. The summed E-state index contributed by atoms with van der Waals surface area (Å²) in [5, 5.41) is 12.7. The van der Waals surface area contributed by atoms with E-state index in [-0.39, 0.29) is 11.8 Å². The second-order valence-electron chi connectivity index (χ2n) is 13.3. The van der Waals surface area contributed by atoms with E-state index in [1.54, 1.807) is 5.41 Å². The fourth-order valence-electron chi connectivity index (χ4n) is 6.20. The minimum Gasteiger partial charge on any atom is -0.363 e. The van der Waals surface area contributed by atoms with Crippen molar-refractivity contribution in [1.82, 2.24) is 20.9 Å². The van der Waals surface area contributed by atoms with Gasteiger partial charge in [0, 0.05) is 12.1 Å². The molecule has 3 rings (SSSR count). The molecule has 0 bridgehead atoms. The second kappa shape index (κ2) is 14.6. The van der Waals surface area contributed by atoms with E-state index in [4.69, 9.17) is 5.73 Å². The summed E-state index contributed by atoms with van der Waals surface area (Å²) in [6.07, 6.45) is 8.90. The number of nitrogens with zero attached hydrogens (tertiary/aromatic N) is 1. The average molecular weight is 604 g/mol. The molecule has 1 saturated heterocycles. The monoisotopic (exact) mass is 603 g/mol. The molecule has 0 aromatic heterocycles. The first-order valence-electron chi connectivity index (χ1n) is 15.2. The Bertz CT molecular complexity index is 1070. The molecule has 10 nitrogen and oxygen atoms in total. The number of urea groups is 1. The summed E-state index contributed by atoms with van der Waals surface area (Å²) in [7, 11) is 0. The van der Waals surface area contributed by atoms with Crippen molar-refractivity contribution in [3.63, 3.8) is 0 Å². The van der Waals surface area contributed by atoms with Gasteiger partial charge in [0.15, 0.2) is 0 Å². The molecule has 0 aromatic carbocycles. The lowest BCUT2D eigenvalue weighted by Crippen LogP contribution is -2.62. The van der Waals surface area contributed by atoms with Gasteiger partial charge in [0.2, 0.25) is 17.6 Å². The molecule has 3 unspecified atom stereocenters. The Morgan fingerprint density at radius 1 is 1.05 bits per heavy atom. The van der Waals surface area contributed by atoms with Crippen molar-refractivity contribution in [3.05, 3.63) is 23.0 Å². The number of primary amides is 1. The van der Waals surface area contributed by atoms with Gasteiger partial charge >= 0.3 is 6.03 Å². The predicted octanol–water partition coefficient (Wildman–Crippen LogP) is 3.90. The first-order valence-corrected chi connectivity index (χ1v) is 16.2. The summed E-state index contributed by atoms with van der Waals surface area (Å²) in [5.74, 6) is -2.43. The number of amides is 5. The van der Waals surface area contributed by atoms with E-state index < -0.39 is 52.7 Å². The zero-order chi connectivity index (χ0) is 31.1. The highest BCUT2D eigenvalue weighted by atomic mass is 32.2. The highest BCUT2D eigenvalue weighted by Gasteiger charge is 2.44. The van der Waals surface area contributed by atoms with Crippen molar-refractivity contribution in [3.8, 4) is 0 Å². The van der Waals surface area contributed by atoms with Crippen LogP contribution >= 0.6 is 11.8 Å². The molecule has 3 fully saturated rings. The topological polar surface area (TPSA) is 151 Å². The lowest BCUT2D eigenvalue weighted by atomic mass is 9.77. The smallest absolute Gasteiger partial charge is 0.315 e. The SMILES string of the molecule is C=CS/C=C(\C)CC1(NC(=O)NC(C(=O)N2CCCC2C(=O)NC(CC2CC2)C(=O)C(N)=O)C(C)(C)C)CCCCC1. The first kappa shape index (κ1) is 33.7. The second-order valence-corrected chi connectivity index (χ2v) is 14.2. The predicted molar refractivity (Wildman–Crippen MR) is 165 cm³/mol. The lowest BCUT2D eigenvalue weighted by Gasteiger charge is -2.40. The van der Waals surface area contributed by atoms with Crippen LogP contribution in [0.4, 0.5) is 4.79 Å². The van der Waals surface area contributed by atoms with Crippen LogP contribution in [0.3, 0.4) is 0 Å². The summed E-state index contributed by atoms with van der Waals surface area (Å²) in [4.78, 5) is 66.3. The first-order chi connectivity index (χ1) is 19.8. The van der Waals surface area contributed by atoms with Crippen LogP contribution in [0, 0.1) is 11.3 Å². The number of rotatable bonds is 13. The molecule has 1 heterocycles. The quantitative estimate of drug-likeness (QED) is 0.235. The highest BCUT2D eigenvalue weighted by molar-refractivity contribution is 8.04. The Morgan fingerprint density at radius 3 is 2.29 bits per heavy atom. The summed E-state index contributed by atoms with van der Waals surface area (Å²) < 4.78 is 0. The third kappa shape index (κ3) is 9.34. The van der Waals surface area contributed by atoms with E-state index in [0.717, 1.165) is 56.9 Å². The van der Waals surface area contributed by atoms with E-state index in [2.05, 4.69) is 34.9 Å².